The van der Waals surface area contributed by atoms with Crippen LogP contribution in [0.15, 0.2) is 18.1 Å². The van der Waals surface area contributed by atoms with E-state index < -0.39 is 0 Å². The van der Waals surface area contributed by atoms with Crippen LogP contribution in [0.1, 0.15) is 26.6 Å². The number of hydrogen-bond acceptors (Lipinski definition) is 1. The van der Waals surface area contributed by atoms with Gasteiger partial charge in [-0.25, -0.2) is 0 Å². The van der Waals surface area contributed by atoms with E-state index in [1.165, 1.54) is 5.41 Å². The third kappa shape index (κ3) is 1.37. The van der Waals surface area contributed by atoms with Gasteiger partial charge in [-0.1, -0.05) is 0 Å². The standard InChI is InChI=1S/C11H15BN2/c1-8-13-9-6-5-7-12-10(9)14(8)11(2,3)4/h5-7H,1-4H3. The zero-order valence-corrected chi connectivity index (χ0v) is 9.20. The molecule has 0 atom stereocenters. The Labute approximate surface area is 85.2 Å². The molecule has 0 unspecified atom stereocenters. The van der Waals surface area contributed by atoms with Gasteiger partial charge in [0.05, 0.1) is 0 Å². The summed E-state index contributed by atoms with van der Waals surface area (Å²) in [5.41, 5.74) is 2.40. The van der Waals surface area contributed by atoms with E-state index in [2.05, 4.69) is 56.2 Å². The van der Waals surface area contributed by atoms with Crippen LogP contribution in [0.3, 0.4) is 0 Å². The summed E-state index contributed by atoms with van der Waals surface area (Å²) >= 11 is 0. The van der Waals surface area contributed by atoms with Crippen LogP contribution in [0.5, 0.6) is 0 Å². The summed E-state index contributed by atoms with van der Waals surface area (Å²) in [6.45, 7) is 10.8. The first-order valence-corrected chi connectivity index (χ1v) is 4.95. The molecule has 0 fully saturated rings. The van der Waals surface area contributed by atoms with Gasteiger partial charge in [0.2, 0.25) is 0 Å². The molecule has 2 heterocycles. The van der Waals surface area contributed by atoms with E-state index >= 15 is 0 Å². The summed E-state index contributed by atoms with van der Waals surface area (Å²) in [5, 5.41) is 0. The van der Waals surface area contributed by atoms with Crippen LogP contribution in [0, 0.1) is 6.92 Å². The van der Waals surface area contributed by atoms with E-state index in [-0.39, 0.29) is 5.54 Å². The number of rotatable bonds is 0. The van der Waals surface area contributed by atoms with E-state index in [1.807, 2.05) is 6.07 Å². The molecule has 0 saturated carbocycles. The number of imidazole rings is 1. The Morgan fingerprint density at radius 2 is 2.07 bits per heavy atom. The SMILES string of the molecule is Cc1nc2cccbc2n1C(C)(C)C. The van der Waals surface area contributed by atoms with Crippen LogP contribution in [-0.2, 0) is 5.54 Å². The molecule has 3 heteroatoms. The van der Waals surface area contributed by atoms with Crippen LogP contribution in [-0.4, -0.2) is 16.5 Å². The second-order valence-electron chi connectivity index (χ2n) is 4.65. The molecule has 2 aromatic heterocycles. The van der Waals surface area contributed by atoms with Gasteiger partial charge in [-0.3, -0.25) is 0 Å². The van der Waals surface area contributed by atoms with Crippen molar-refractivity contribution in [3.05, 3.63) is 23.9 Å². The quantitative estimate of drug-likeness (QED) is 0.617. The van der Waals surface area contributed by atoms with E-state index in [4.69, 9.17) is 0 Å². The number of nitrogens with zero attached hydrogens (tertiary/aromatic N) is 2. The predicted molar refractivity (Wildman–Crippen MR) is 60.8 cm³/mol. The molecule has 2 nitrogen and oxygen atoms in total. The summed E-state index contributed by atoms with van der Waals surface area (Å²) in [6, 6.07) is 4.09. The average Bonchev–Trinajstić information content (AvgIpc) is 2.38. The van der Waals surface area contributed by atoms with Crippen LogP contribution in [0.25, 0.3) is 10.9 Å². The molecule has 0 amide bonds. The van der Waals surface area contributed by atoms with Gasteiger partial charge in [-0.05, 0) is 0 Å². The molecule has 2 aromatic rings. The summed E-state index contributed by atoms with van der Waals surface area (Å²) in [6.07, 6.45) is 0. The predicted octanol–water partition coefficient (Wildman–Crippen LogP) is 2.44. The number of aromatic nitrogens is 2. The fraction of sp³-hybridized carbons (Fsp3) is 0.455. The van der Waals surface area contributed by atoms with Crippen molar-refractivity contribution in [2.75, 3.05) is 0 Å². The minimum atomic E-state index is 0.0974. The normalized spacial score (nSPS) is 12.0. The zero-order valence-electron chi connectivity index (χ0n) is 9.20. The molecule has 0 aliphatic rings. The van der Waals surface area contributed by atoms with Crippen LogP contribution in [0.2, 0.25) is 0 Å². The van der Waals surface area contributed by atoms with Gasteiger partial charge in [0.1, 0.15) is 0 Å². The molecule has 0 bridgehead atoms. The summed E-state index contributed by atoms with van der Waals surface area (Å²) in [4.78, 5) is 4.54. The van der Waals surface area contributed by atoms with Crippen molar-refractivity contribution in [1.29, 1.82) is 0 Å². The van der Waals surface area contributed by atoms with Gasteiger partial charge in [-0.15, -0.1) is 0 Å². The van der Waals surface area contributed by atoms with Crippen molar-refractivity contribution >= 4 is 17.8 Å². The Morgan fingerprint density at radius 3 is 2.71 bits per heavy atom. The third-order valence-electron chi connectivity index (χ3n) is 2.40. The Bertz CT molecular complexity index is 466. The first kappa shape index (κ1) is 9.44. The summed E-state index contributed by atoms with van der Waals surface area (Å²) < 4.78 is 2.28. The van der Waals surface area contributed by atoms with Crippen molar-refractivity contribution in [1.82, 2.24) is 9.55 Å². The fourth-order valence-corrected chi connectivity index (χ4v) is 1.99. The molecule has 0 aromatic carbocycles. The van der Waals surface area contributed by atoms with Gasteiger partial charge in [0.25, 0.3) is 0 Å². The molecule has 0 aliphatic heterocycles. The second-order valence-corrected chi connectivity index (χ2v) is 4.65. The topological polar surface area (TPSA) is 17.8 Å². The maximum absolute atomic E-state index is 4.54. The molecule has 0 saturated heterocycles. The van der Waals surface area contributed by atoms with Crippen LogP contribution in [0.4, 0.5) is 0 Å². The van der Waals surface area contributed by atoms with E-state index in [0.29, 0.717) is 0 Å². The third-order valence-corrected chi connectivity index (χ3v) is 2.40. The molecular weight excluding hydrogens is 171 g/mol. The average molecular weight is 186 g/mol. The molecule has 0 aliphatic carbocycles. The van der Waals surface area contributed by atoms with Crippen molar-refractivity contribution in [2.45, 2.75) is 33.2 Å². The first-order valence-electron chi connectivity index (χ1n) is 4.95. The number of hydrogen-bond donors (Lipinski definition) is 0. The van der Waals surface area contributed by atoms with Crippen molar-refractivity contribution in [2.24, 2.45) is 0 Å². The van der Waals surface area contributed by atoms with Gasteiger partial charge in [0.15, 0.2) is 0 Å². The molecule has 14 heavy (non-hydrogen) atoms. The van der Waals surface area contributed by atoms with Crippen molar-refractivity contribution < 1.29 is 0 Å². The first-order chi connectivity index (χ1) is 6.50. The maximum atomic E-state index is 4.54. The minimum absolute atomic E-state index is 0.0974. The summed E-state index contributed by atoms with van der Waals surface area (Å²) in [7, 11) is 0. The zero-order chi connectivity index (χ0) is 10.3. The van der Waals surface area contributed by atoms with E-state index in [9.17, 15) is 0 Å². The Balaban J connectivity index is 2.81. The van der Waals surface area contributed by atoms with Gasteiger partial charge < -0.3 is 0 Å². The van der Waals surface area contributed by atoms with E-state index in [1.54, 1.807) is 0 Å². The fourth-order valence-electron chi connectivity index (χ4n) is 1.99. The molecule has 72 valence electrons. The van der Waals surface area contributed by atoms with Crippen LogP contribution < -0.4 is 0 Å². The van der Waals surface area contributed by atoms with Gasteiger partial charge in [0, 0.05) is 0 Å². The van der Waals surface area contributed by atoms with E-state index in [0.717, 1.165) is 11.3 Å². The Kier molecular flexibility index (Phi) is 1.98. The molecule has 2 rings (SSSR count). The molecule has 0 spiro atoms. The van der Waals surface area contributed by atoms with Gasteiger partial charge >= 0.3 is 84.5 Å². The monoisotopic (exact) mass is 186 g/mol. The number of aryl methyl sites for hydroxylation is 1. The molecule has 0 N–H and O–H groups in total. The van der Waals surface area contributed by atoms with Crippen molar-refractivity contribution in [3.8, 4) is 0 Å². The van der Waals surface area contributed by atoms with Crippen molar-refractivity contribution in [3.63, 3.8) is 0 Å². The van der Waals surface area contributed by atoms with Gasteiger partial charge in [-0.2, -0.15) is 0 Å². The Hall–Kier alpha value is -1.12. The number of fused-ring (bicyclic) bond motifs is 1. The molecular formula is C11H15BN2. The second kappa shape index (κ2) is 2.94. The van der Waals surface area contributed by atoms with Crippen LogP contribution >= 0.6 is 0 Å². The Morgan fingerprint density at radius 1 is 1.36 bits per heavy atom. The summed E-state index contributed by atoms with van der Waals surface area (Å²) in [5.74, 6) is 3.14. The molecule has 0 radical (unpaired) electrons.